The van der Waals surface area contributed by atoms with Crippen molar-refractivity contribution in [2.45, 2.75) is 5.03 Å². The summed E-state index contributed by atoms with van der Waals surface area (Å²) >= 11 is 3.74. The van der Waals surface area contributed by atoms with Crippen molar-refractivity contribution in [2.24, 2.45) is 5.18 Å². The molecule has 0 saturated heterocycles. The molecule has 0 bridgehead atoms. The van der Waals surface area contributed by atoms with Crippen LogP contribution in [0.5, 0.6) is 0 Å². The van der Waals surface area contributed by atoms with E-state index >= 15 is 0 Å². The molecule has 0 aliphatic heterocycles. The van der Waals surface area contributed by atoms with Crippen LogP contribution in [0, 0.1) is 4.91 Å². The average Bonchev–Trinajstić information content (AvgIpc) is 2.10. The molecule has 0 radical (unpaired) electrons. The smallest absolute Gasteiger partial charge is 0.305 e. The average molecular weight is 145 g/mol. The Morgan fingerprint density at radius 1 is 1.89 bits per heavy atom. The molecule has 1 aromatic rings. The van der Waals surface area contributed by atoms with Crippen LogP contribution >= 0.6 is 12.6 Å². The first-order valence-corrected chi connectivity index (χ1v) is 2.49. The van der Waals surface area contributed by atoms with Crippen molar-refractivity contribution in [3.63, 3.8) is 0 Å². The zero-order chi connectivity index (χ0) is 6.85. The molecule has 9 heavy (non-hydrogen) atoms. The Kier molecular flexibility index (Phi) is 1.39. The molecule has 0 aromatic carbocycles. The highest BCUT2D eigenvalue weighted by atomic mass is 32.1. The van der Waals surface area contributed by atoms with Gasteiger partial charge in [0.25, 0.3) is 0 Å². The summed E-state index contributed by atoms with van der Waals surface area (Å²) in [7, 11) is 0. The Bertz CT molecular complexity index is 233. The second-order valence-electron chi connectivity index (χ2n) is 1.33. The van der Waals surface area contributed by atoms with E-state index in [0.29, 0.717) is 4.73 Å². The molecule has 5 nitrogen and oxygen atoms in total. The largest absolute Gasteiger partial charge is 0.425 e. The lowest BCUT2D eigenvalue weighted by Crippen LogP contribution is -1.83. The van der Waals surface area contributed by atoms with Crippen molar-refractivity contribution >= 4 is 18.6 Å². The topological polar surface area (TPSA) is 67.5 Å². The van der Waals surface area contributed by atoms with Gasteiger partial charge >= 0.3 is 5.95 Å². The number of imidazole rings is 1. The van der Waals surface area contributed by atoms with Gasteiger partial charge in [0.05, 0.1) is 6.20 Å². The Balaban J connectivity index is 3.15. The first kappa shape index (κ1) is 6.09. The van der Waals surface area contributed by atoms with Crippen LogP contribution in [0.4, 0.5) is 5.95 Å². The molecule has 0 fully saturated rings. The first-order valence-electron chi connectivity index (χ1n) is 2.05. The molecule has 6 heteroatoms. The lowest BCUT2D eigenvalue weighted by molar-refractivity contribution is 0.190. The van der Waals surface area contributed by atoms with E-state index in [1.807, 2.05) is 0 Å². The van der Waals surface area contributed by atoms with Crippen molar-refractivity contribution in [1.82, 2.24) is 9.71 Å². The zero-order valence-corrected chi connectivity index (χ0v) is 5.12. The number of hydrogen-bond donors (Lipinski definition) is 2. The van der Waals surface area contributed by atoms with Crippen LogP contribution in [0.25, 0.3) is 0 Å². The number of rotatable bonds is 1. The van der Waals surface area contributed by atoms with Crippen LogP contribution in [0.3, 0.4) is 0 Å². The fourth-order valence-electron chi connectivity index (χ4n) is 0.412. The highest BCUT2D eigenvalue weighted by Gasteiger charge is 2.02. The molecule has 0 atom stereocenters. The number of thiol groups is 1. The second-order valence-corrected chi connectivity index (χ2v) is 1.79. The fraction of sp³-hybridized carbons (Fsp3) is 0. The van der Waals surface area contributed by atoms with Crippen LogP contribution in [-0.2, 0) is 0 Å². The lowest BCUT2D eigenvalue weighted by Gasteiger charge is -1.83. The van der Waals surface area contributed by atoms with E-state index < -0.39 is 0 Å². The van der Waals surface area contributed by atoms with Gasteiger partial charge in [-0.05, 0) is 0 Å². The standard InChI is InChI=1S/C3H3N3O2S/c7-5-3-4-2(9)1-6(3)8/h1,8-9H. The van der Waals surface area contributed by atoms with Gasteiger partial charge in [-0.15, -0.1) is 17.5 Å². The van der Waals surface area contributed by atoms with Gasteiger partial charge in [0.2, 0.25) is 0 Å². The molecular formula is C3H3N3O2S. The summed E-state index contributed by atoms with van der Waals surface area (Å²) in [4.78, 5) is 13.1. The molecule has 0 saturated carbocycles. The summed E-state index contributed by atoms with van der Waals surface area (Å²) in [5.41, 5.74) is 0. The molecule has 48 valence electrons. The van der Waals surface area contributed by atoms with Crippen molar-refractivity contribution in [3.05, 3.63) is 11.1 Å². The molecule has 0 aliphatic rings. The molecule has 1 N–H and O–H groups in total. The quantitative estimate of drug-likeness (QED) is 0.349. The van der Waals surface area contributed by atoms with E-state index in [2.05, 4.69) is 22.8 Å². The maximum absolute atomic E-state index is 9.71. The molecule has 1 aromatic heterocycles. The fourth-order valence-corrected chi connectivity index (χ4v) is 0.611. The Hall–Kier alpha value is -1.04. The summed E-state index contributed by atoms with van der Waals surface area (Å²) in [6.07, 6.45) is 1.17. The third-order valence-corrected chi connectivity index (χ3v) is 0.954. The number of aromatic nitrogens is 2. The molecule has 0 spiro atoms. The van der Waals surface area contributed by atoms with Gasteiger partial charge in [-0.2, -0.15) is 9.71 Å². The molecule has 1 rings (SSSR count). The zero-order valence-electron chi connectivity index (χ0n) is 4.22. The van der Waals surface area contributed by atoms with Crippen molar-refractivity contribution in [3.8, 4) is 0 Å². The highest BCUT2D eigenvalue weighted by Crippen LogP contribution is 2.11. The number of nitrogens with zero attached hydrogens (tertiary/aromatic N) is 3. The minimum Gasteiger partial charge on any atom is -0.425 e. The van der Waals surface area contributed by atoms with E-state index in [-0.39, 0.29) is 11.0 Å². The van der Waals surface area contributed by atoms with E-state index in [1.54, 1.807) is 0 Å². The first-order chi connectivity index (χ1) is 4.24. The molecular weight excluding hydrogens is 142 g/mol. The summed E-state index contributed by atoms with van der Waals surface area (Å²) in [5, 5.41) is 11.3. The van der Waals surface area contributed by atoms with Crippen LogP contribution in [0.15, 0.2) is 16.4 Å². The van der Waals surface area contributed by atoms with E-state index in [4.69, 9.17) is 5.21 Å². The van der Waals surface area contributed by atoms with E-state index in [1.165, 1.54) is 6.20 Å². The SMILES string of the molecule is O=Nc1nc(S)cn1O. The molecule has 0 aliphatic carbocycles. The van der Waals surface area contributed by atoms with Gasteiger partial charge in [0.1, 0.15) is 5.03 Å². The van der Waals surface area contributed by atoms with Crippen LogP contribution < -0.4 is 0 Å². The van der Waals surface area contributed by atoms with Gasteiger partial charge in [0.15, 0.2) is 0 Å². The normalized spacial score (nSPS) is 9.44. The lowest BCUT2D eigenvalue weighted by atomic mass is 10.9. The number of nitroso groups, excluding NO2 is 1. The van der Waals surface area contributed by atoms with Crippen molar-refractivity contribution < 1.29 is 5.21 Å². The van der Waals surface area contributed by atoms with Crippen LogP contribution in [-0.4, -0.2) is 14.9 Å². The summed E-state index contributed by atoms with van der Waals surface area (Å²) in [5.74, 6) is -0.292. The molecule has 0 amide bonds. The Labute approximate surface area is 55.7 Å². The van der Waals surface area contributed by atoms with Crippen LogP contribution in [0.2, 0.25) is 0 Å². The second kappa shape index (κ2) is 2.06. The van der Waals surface area contributed by atoms with Gasteiger partial charge < -0.3 is 5.21 Å². The Morgan fingerprint density at radius 2 is 2.56 bits per heavy atom. The van der Waals surface area contributed by atoms with Gasteiger partial charge in [-0.25, -0.2) is 0 Å². The predicted molar refractivity (Wildman–Crippen MR) is 32.1 cm³/mol. The minimum atomic E-state index is -0.292. The molecule has 1 heterocycles. The summed E-state index contributed by atoms with van der Waals surface area (Å²) in [6.45, 7) is 0. The monoisotopic (exact) mass is 145 g/mol. The van der Waals surface area contributed by atoms with E-state index in [0.717, 1.165) is 0 Å². The third kappa shape index (κ3) is 1.02. The predicted octanol–water partition coefficient (Wildman–Crippen LogP) is 0.807. The maximum Gasteiger partial charge on any atom is 0.305 e. The highest BCUT2D eigenvalue weighted by molar-refractivity contribution is 7.80. The summed E-state index contributed by atoms with van der Waals surface area (Å²) in [6, 6.07) is 0. The Morgan fingerprint density at radius 3 is 2.78 bits per heavy atom. The van der Waals surface area contributed by atoms with Gasteiger partial charge in [-0.1, -0.05) is 0 Å². The third-order valence-electron chi connectivity index (χ3n) is 0.739. The number of hydrogen-bond acceptors (Lipinski definition) is 5. The van der Waals surface area contributed by atoms with Crippen LogP contribution in [0.1, 0.15) is 0 Å². The molecule has 0 unspecified atom stereocenters. The maximum atomic E-state index is 9.71. The van der Waals surface area contributed by atoms with Crippen molar-refractivity contribution in [2.75, 3.05) is 0 Å². The van der Waals surface area contributed by atoms with E-state index in [9.17, 15) is 4.91 Å². The van der Waals surface area contributed by atoms with Gasteiger partial charge in [0, 0.05) is 5.18 Å². The minimum absolute atomic E-state index is 0.257. The van der Waals surface area contributed by atoms with Gasteiger partial charge in [-0.3, -0.25) is 0 Å². The van der Waals surface area contributed by atoms with Crippen molar-refractivity contribution in [1.29, 1.82) is 0 Å². The summed E-state index contributed by atoms with van der Waals surface area (Å²) < 4.78 is 0.509.